The zero-order valence-corrected chi connectivity index (χ0v) is 10.0. The van der Waals surface area contributed by atoms with Gasteiger partial charge < -0.3 is 14.7 Å². The summed E-state index contributed by atoms with van der Waals surface area (Å²) in [7, 11) is -1.04. The van der Waals surface area contributed by atoms with E-state index in [1.807, 2.05) is 7.05 Å². The van der Waals surface area contributed by atoms with Crippen LogP contribution in [0.3, 0.4) is 0 Å². The second-order valence-corrected chi connectivity index (χ2v) is 6.42. The first kappa shape index (κ1) is 12.9. The molecule has 2 unspecified atom stereocenters. The maximum absolute atomic E-state index is 10.9. The van der Waals surface area contributed by atoms with E-state index in [1.165, 1.54) is 6.26 Å². The highest BCUT2D eigenvalue weighted by molar-refractivity contribution is 7.90. The highest BCUT2D eigenvalue weighted by Gasteiger charge is 2.25. The Bertz CT molecular complexity index is 290. The summed E-state index contributed by atoms with van der Waals surface area (Å²) in [5, 5.41) is 9.74. The molecule has 1 saturated heterocycles. The molecule has 5 nitrogen and oxygen atoms in total. The Morgan fingerprint density at radius 2 is 2.27 bits per heavy atom. The van der Waals surface area contributed by atoms with Crippen molar-refractivity contribution >= 4 is 9.84 Å². The Labute approximate surface area is 90.9 Å². The summed E-state index contributed by atoms with van der Waals surface area (Å²) < 4.78 is 27.2. The summed E-state index contributed by atoms with van der Waals surface area (Å²) in [6, 6.07) is 0. The predicted molar refractivity (Wildman–Crippen MR) is 57.6 cm³/mol. The van der Waals surface area contributed by atoms with Crippen molar-refractivity contribution in [3.05, 3.63) is 0 Å². The van der Waals surface area contributed by atoms with Gasteiger partial charge in [0, 0.05) is 19.3 Å². The third-order valence-electron chi connectivity index (χ3n) is 2.51. The first-order valence-electron chi connectivity index (χ1n) is 5.04. The van der Waals surface area contributed by atoms with Crippen LogP contribution in [0.1, 0.15) is 6.42 Å². The van der Waals surface area contributed by atoms with Crippen LogP contribution in [0, 0.1) is 0 Å². The molecule has 15 heavy (non-hydrogen) atoms. The molecule has 1 fully saturated rings. The van der Waals surface area contributed by atoms with Gasteiger partial charge in [-0.2, -0.15) is 0 Å². The Kier molecular flexibility index (Phi) is 4.51. The van der Waals surface area contributed by atoms with Gasteiger partial charge in [-0.15, -0.1) is 0 Å². The molecule has 1 rings (SSSR count). The molecule has 1 heterocycles. The molecule has 0 saturated carbocycles. The van der Waals surface area contributed by atoms with E-state index in [0.717, 1.165) is 6.54 Å². The monoisotopic (exact) mass is 237 g/mol. The van der Waals surface area contributed by atoms with Crippen LogP contribution in [0.25, 0.3) is 0 Å². The van der Waals surface area contributed by atoms with Gasteiger partial charge >= 0.3 is 0 Å². The number of hydrogen-bond donors (Lipinski definition) is 1. The molecule has 0 aliphatic carbocycles. The molecule has 0 radical (unpaired) electrons. The quantitative estimate of drug-likeness (QED) is 0.687. The number of aliphatic hydroxyl groups is 1. The van der Waals surface area contributed by atoms with Crippen molar-refractivity contribution in [1.82, 2.24) is 4.90 Å². The van der Waals surface area contributed by atoms with Crippen molar-refractivity contribution in [2.45, 2.75) is 18.6 Å². The lowest BCUT2D eigenvalue weighted by Gasteiger charge is -2.32. The zero-order valence-electron chi connectivity index (χ0n) is 9.22. The van der Waals surface area contributed by atoms with E-state index in [-0.39, 0.29) is 18.3 Å². The SMILES string of the molecule is CN1CCOC(C(O)CCS(C)(=O)=O)C1. The molecule has 6 heteroatoms. The summed E-state index contributed by atoms with van der Waals surface area (Å²) in [6.07, 6.45) is 0.471. The molecule has 0 spiro atoms. The largest absolute Gasteiger partial charge is 0.390 e. The molecule has 0 aromatic carbocycles. The smallest absolute Gasteiger partial charge is 0.147 e. The normalized spacial score (nSPS) is 26.5. The number of morpholine rings is 1. The summed E-state index contributed by atoms with van der Waals surface area (Å²) >= 11 is 0. The Morgan fingerprint density at radius 1 is 1.60 bits per heavy atom. The number of ether oxygens (including phenoxy) is 1. The summed E-state index contributed by atoms with van der Waals surface area (Å²) in [5.41, 5.74) is 0. The van der Waals surface area contributed by atoms with Gasteiger partial charge in [0.1, 0.15) is 9.84 Å². The van der Waals surface area contributed by atoms with Crippen molar-refractivity contribution in [3.8, 4) is 0 Å². The number of sulfone groups is 1. The van der Waals surface area contributed by atoms with E-state index in [4.69, 9.17) is 4.74 Å². The van der Waals surface area contributed by atoms with E-state index < -0.39 is 15.9 Å². The maximum atomic E-state index is 10.9. The van der Waals surface area contributed by atoms with Crippen LogP contribution in [0.15, 0.2) is 0 Å². The van der Waals surface area contributed by atoms with Crippen LogP contribution in [0.2, 0.25) is 0 Å². The van der Waals surface area contributed by atoms with Gasteiger partial charge in [0.25, 0.3) is 0 Å². The van der Waals surface area contributed by atoms with Crippen LogP contribution in [0.5, 0.6) is 0 Å². The lowest BCUT2D eigenvalue weighted by Crippen LogP contribution is -2.46. The molecule has 1 aliphatic rings. The molecule has 0 aromatic rings. The molecular weight excluding hydrogens is 218 g/mol. The lowest BCUT2D eigenvalue weighted by atomic mass is 10.1. The van der Waals surface area contributed by atoms with Crippen LogP contribution in [-0.4, -0.2) is 69.4 Å². The van der Waals surface area contributed by atoms with Gasteiger partial charge in [-0.25, -0.2) is 8.42 Å². The fraction of sp³-hybridized carbons (Fsp3) is 1.00. The van der Waals surface area contributed by atoms with Gasteiger partial charge in [0.2, 0.25) is 0 Å². The highest BCUT2D eigenvalue weighted by atomic mass is 32.2. The van der Waals surface area contributed by atoms with Crippen LogP contribution >= 0.6 is 0 Å². The predicted octanol–water partition coefficient (Wildman–Crippen LogP) is -0.887. The van der Waals surface area contributed by atoms with Gasteiger partial charge in [-0.3, -0.25) is 0 Å². The Hall–Kier alpha value is -0.170. The first-order chi connectivity index (χ1) is 6.88. The van der Waals surface area contributed by atoms with Crippen LogP contribution in [0.4, 0.5) is 0 Å². The topological polar surface area (TPSA) is 66.8 Å². The van der Waals surface area contributed by atoms with Gasteiger partial charge in [0.15, 0.2) is 0 Å². The molecule has 0 amide bonds. The first-order valence-corrected chi connectivity index (χ1v) is 7.10. The van der Waals surface area contributed by atoms with Gasteiger partial charge in [-0.05, 0) is 13.5 Å². The van der Waals surface area contributed by atoms with Crippen molar-refractivity contribution < 1.29 is 18.3 Å². The third-order valence-corrected chi connectivity index (χ3v) is 3.49. The zero-order chi connectivity index (χ0) is 11.5. The fourth-order valence-electron chi connectivity index (χ4n) is 1.56. The second-order valence-electron chi connectivity index (χ2n) is 4.16. The average Bonchev–Trinajstić information content (AvgIpc) is 2.13. The average molecular weight is 237 g/mol. The summed E-state index contributed by atoms with van der Waals surface area (Å²) in [4.78, 5) is 2.07. The molecule has 2 atom stereocenters. The van der Waals surface area contributed by atoms with E-state index >= 15 is 0 Å². The third kappa shape index (κ3) is 4.92. The number of hydrogen-bond acceptors (Lipinski definition) is 5. The Balaban J connectivity index is 2.36. The Morgan fingerprint density at radius 3 is 2.80 bits per heavy atom. The summed E-state index contributed by atoms with van der Waals surface area (Å²) in [5.74, 6) is 0.0116. The van der Waals surface area contributed by atoms with Crippen molar-refractivity contribution in [2.75, 3.05) is 38.8 Å². The maximum Gasteiger partial charge on any atom is 0.147 e. The molecule has 90 valence electrons. The lowest BCUT2D eigenvalue weighted by molar-refractivity contribution is -0.0832. The summed E-state index contributed by atoms with van der Waals surface area (Å²) in [6.45, 7) is 2.11. The van der Waals surface area contributed by atoms with Gasteiger partial charge in [0.05, 0.1) is 24.6 Å². The number of rotatable bonds is 4. The van der Waals surface area contributed by atoms with E-state index in [1.54, 1.807) is 0 Å². The van der Waals surface area contributed by atoms with Crippen molar-refractivity contribution in [2.24, 2.45) is 0 Å². The fourth-order valence-corrected chi connectivity index (χ4v) is 2.23. The molecular formula is C9H19NO4S. The van der Waals surface area contributed by atoms with Crippen LogP contribution in [-0.2, 0) is 14.6 Å². The van der Waals surface area contributed by atoms with Crippen molar-refractivity contribution in [1.29, 1.82) is 0 Å². The number of likely N-dealkylation sites (N-methyl/N-ethyl adjacent to an activating group) is 1. The standard InChI is InChI=1S/C9H19NO4S/c1-10-4-5-14-9(7-10)8(11)3-6-15(2,12)13/h8-9,11H,3-7H2,1-2H3. The van der Waals surface area contributed by atoms with Crippen LogP contribution < -0.4 is 0 Å². The van der Waals surface area contributed by atoms with Crippen molar-refractivity contribution in [3.63, 3.8) is 0 Å². The second kappa shape index (κ2) is 5.25. The van der Waals surface area contributed by atoms with Gasteiger partial charge in [-0.1, -0.05) is 0 Å². The molecule has 0 aromatic heterocycles. The minimum Gasteiger partial charge on any atom is -0.390 e. The van der Waals surface area contributed by atoms with E-state index in [9.17, 15) is 13.5 Å². The highest BCUT2D eigenvalue weighted by Crippen LogP contribution is 2.10. The van der Waals surface area contributed by atoms with E-state index in [2.05, 4.69) is 4.90 Å². The molecule has 0 bridgehead atoms. The van der Waals surface area contributed by atoms with E-state index in [0.29, 0.717) is 13.2 Å². The number of nitrogens with zero attached hydrogens (tertiary/aromatic N) is 1. The minimum absolute atomic E-state index is 0.0116. The minimum atomic E-state index is -3.00. The molecule has 1 N–H and O–H groups in total. The number of aliphatic hydroxyl groups excluding tert-OH is 1. The molecule has 1 aliphatic heterocycles.